The molecule has 6 heteroatoms. The first-order chi connectivity index (χ1) is 7.52. The van der Waals surface area contributed by atoms with Crippen LogP contribution in [0.4, 0.5) is 0 Å². The highest BCUT2D eigenvalue weighted by Crippen LogP contribution is 2.39. The number of carbonyl (C=O) groups is 2. The smallest absolute Gasteiger partial charge is 0.332 e. The second kappa shape index (κ2) is 5.27. The maximum Gasteiger partial charge on any atom is 0.332 e. The van der Waals surface area contributed by atoms with Gasteiger partial charge in [-0.2, -0.15) is 0 Å². The van der Waals surface area contributed by atoms with Crippen LogP contribution < -0.4 is 11.1 Å². The fourth-order valence-corrected chi connectivity index (χ4v) is 1.76. The van der Waals surface area contributed by atoms with E-state index in [4.69, 9.17) is 15.9 Å². The van der Waals surface area contributed by atoms with Gasteiger partial charge in [0.25, 0.3) is 0 Å². The van der Waals surface area contributed by atoms with Gasteiger partial charge in [-0.3, -0.25) is 4.79 Å². The zero-order valence-corrected chi connectivity index (χ0v) is 9.11. The van der Waals surface area contributed by atoms with E-state index in [-0.39, 0.29) is 18.9 Å². The van der Waals surface area contributed by atoms with E-state index in [0.717, 1.165) is 19.3 Å². The molecule has 92 valence electrons. The average molecular weight is 230 g/mol. The molecule has 6 nitrogen and oxygen atoms in total. The number of aliphatic hydroxyl groups is 1. The molecule has 0 saturated heterocycles. The summed E-state index contributed by atoms with van der Waals surface area (Å²) >= 11 is 0. The number of rotatable bonds is 6. The van der Waals surface area contributed by atoms with Gasteiger partial charge in [0.15, 0.2) is 6.10 Å². The predicted molar refractivity (Wildman–Crippen MR) is 56.6 cm³/mol. The first kappa shape index (κ1) is 12.9. The van der Waals surface area contributed by atoms with Crippen molar-refractivity contribution >= 4 is 11.9 Å². The van der Waals surface area contributed by atoms with Gasteiger partial charge in [-0.05, 0) is 12.8 Å². The van der Waals surface area contributed by atoms with Crippen LogP contribution in [0.5, 0.6) is 0 Å². The fourth-order valence-electron chi connectivity index (χ4n) is 1.76. The number of carboxylic acid groups (broad SMARTS) is 1. The molecule has 1 amide bonds. The normalized spacial score (nSPS) is 19.6. The fraction of sp³-hybridized carbons (Fsp3) is 0.800. The number of carbonyl (C=O) groups excluding carboxylic acids is 1. The number of nitrogens with two attached hydrogens (primary N) is 1. The Balaban J connectivity index is 2.27. The summed E-state index contributed by atoms with van der Waals surface area (Å²) in [6, 6.07) is 0. The van der Waals surface area contributed by atoms with E-state index in [1.165, 1.54) is 0 Å². The van der Waals surface area contributed by atoms with E-state index >= 15 is 0 Å². The van der Waals surface area contributed by atoms with Gasteiger partial charge in [-0.25, -0.2) is 4.79 Å². The molecule has 0 unspecified atom stereocenters. The van der Waals surface area contributed by atoms with Crippen molar-refractivity contribution in [3.8, 4) is 0 Å². The predicted octanol–water partition coefficient (Wildman–Crippen LogP) is -0.933. The lowest BCUT2D eigenvalue weighted by molar-refractivity contribution is -0.147. The Morgan fingerprint density at radius 2 is 2.06 bits per heavy atom. The Hall–Kier alpha value is -1.14. The molecule has 1 aliphatic rings. The molecule has 5 N–H and O–H groups in total. The second-order valence-electron chi connectivity index (χ2n) is 4.24. The van der Waals surface area contributed by atoms with Crippen LogP contribution in [0.25, 0.3) is 0 Å². The number of carboxylic acids is 1. The third kappa shape index (κ3) is 2.70. The Morgan fingerprint density at radius 3 is 2.44 bits per heavy atom. The van der Waals surface area contributed by atoms with Crippen molar-refractivity contribution in [2.24, 2.45) is 11.1 Å². The second-order valence-corrected chi connectivity index (χ2v) is 4.24. The number of hydrogen-bond acceptors (Lipinski definition) is 4. The quantitative estimate of drug-likeness (QED) is 0.471. The largest absolute Gasteiger partial charge is 0.479 e. The van der Waals surface area contributed by atoms with Gasteiger partial charge in [-0.15, -0.1) is 0 Å². The molecule has 0 aromatic rings. The maximum absolute atomic E-state index is 11.7. The van der Waals surface area contributed by atoms with Crippen molar-refractivity contribution in [1.82, 2.24) is 5.32 Å². The van der Waals surface area contributed by atoms with Crippen LogP contribution in [0.15, 0.2) is 0 Å². The molecule has 1 rings (SSSR count). The molecule has 1 atom stereocenters. The number of aliphatic hydroxyl groups excluding tert-OH is 1. The third-order valence-electron chi connectivity index (χ3n) is 3.17. The van der Waals surface area contributed by atoms with Crippen LogP contribution in [0, 0.1) is 5.41 Å². The molecule has 0 spiro atoms. The lowest BCUT2D eigenvalue weighted by Crippen LogP contribution is -2.50. The molecule has 0 aliphatic heterocycles. The summed E-state index contributed by atoms with van der Waals surface area (Å²) in [5.74, 6) is -1.40. The van der Waals surface area contributed by atoms with Crippen LogP contribution in [-0.2, 0) is 9.59 Å². The minimum Gasteiger partial charge on any atom is -0.479 e. The summed E-state index contributed by atoms with van der Waals surface area (Å²) in [5, 5.41) is 20.0. The van der Waals surface area contributed by atoms with Gasteiger partial charge in [0, 0.05) is 19.5 Å². The Labute approximate surface area is 93.8 Å². The van der Waals surface area contributed by atoms with E-state index in [2.05, 4.69) is 5.32 Å². The lowest BCUT2D eigenvalue weighted by atomic mass is 9.68. The van der Waals surface area contributed by atoms with Gasteiger partial charge in [0.2, 0.25) is 5.91 Å². The monoisotopic (exact) mass is 230 g/mol. The van der Waals surface area contributed by atoms with Gasteiger partial charge >= 0.3 is 5.97 Å². The average Bonchev–Trinajstić information content (AvgIpc) is 2.16. The first-order valence-electron chi connectivity index (χ1n) is 5.41. The number of nitrogens with one attached hydrogen (secondary N) is 1. The van der Waals surface area contributed by atoms with E-state index in [0.29, 0.717) is 6.54 Å². The van der Waals surface area contributed by atoms with Crippen molar-refractivity contribution in [2.45, 2.75) is 31.8 Å². The number of hydrogen-bond donors (Lipinski definition) is 4. The summed E-state index contributed by atoms with van der Waals surface area (Å²) in [4.78, 5) is 22.0. The van der Waals surface area contributed by atoms with Crippen molar-refractivity contribution in [1.29, 1.82) is 0 Å². The Morgan fingerprint density at radius 1 is 1.44 bits per heavy atom. The first-order valence-corrected chi connectivity index (χ1v) is 5.41. The molecule has 0 heterocycles. The SMILES string of the molecule is NCC1(C(=O)NCC[C@H](O)C(=O)O)CCC1. The summed E-state index contributed by atoms with van der Waals surface area (Å²) < 4.78 is 0. The van der Waals surface area contributed by atoms with Crippen LogP contribution in [0.3, 0.4) is 0 Å². The highest BCUT2D eigenvalue weighted by molar-refractivity contribution is 5.83. The molecule has 0 bridgehead atoms. The van der Waals surface area contributed by atoms with Crippen molar-refractivity contribution in [2.75, 3.05) is 13.1 Å². The minimum atomic E-state index is -1.42. The Bertz CT molecular complexity index is 270. The van der Waals surface area contributed by atoms with E-state index in [1.54, 1.807) is 0 Å². The van der Waals surface area contributed by atoms with E-state index < -0.39 is 17.5 Å². The van der Waals surface area contributed by atoms with Gasteiger partial charge in [0.05, 0.1) is 5.41 Å². The summed E-state index contributed by atoms with van der Waals surface area (Å²) in [6.07, 6.45) is 1.17. The van der Waals surface area contributed by atoms with E-state index in [9.17, 15) is 9.59 Å². The zero-order valence-electron chi connectivity index (χ0n) is 9.11. The minimum absolute atomic E-state index is 0.0156. The standard InChI is InChI=1S/C10H18N2O4/c11-6-10(3-1-4-10)9(16)12-5-2-7(13)8(14)15/h7,13H,1-6,11H2,(H,12,16)(H,14,15)/t7-/m0/s1. The summed E-state index contributed by atoms with van der Waals surface area (Å²) in [7, 11) is 0. The number of amides is 1. The van der Waals surface area contributed by atoms with Crippen LogP contribution >= 0.6 is 0 Å². The van der Waals surface area contributed by atoms with Crippen LogP contribution in [0.2, 0.25) is 0 Å². The van der Waals surface area contributed by atoms with Crippen molar-refractivity contribution in [3.05, 3.63) is 0 Å². The molecule has 0 aromatic heterocycles. The van der Waals surface area contributed by atoms with Crippen LogP contribution in [-0.4, -0.2) is 41.3 Å². The van der Waals surface area contributed by atoms with Crippen LogP contribution in [0.1, 0.15) is 25.7 Å². The number of aliphatic carboxylic acids is 1. The van der Waals surface area contributed by atoms with Crippen molar-refractivity contribution in [3.63, 3.8) is 0 Å². The molecule has 1 aliphatic carbocycles. The highest BCUT2D eigenvalue weighted by atomic mass is 16.4. The topological polar surface area (TPSA) is 113 Å². The maximum atomic E-state index is 11.7. The molecule has 16 heavy (non-hydrogen) atoms. The van der Waals surface area contributed by atoms with Crippen molar-refractivity contribution < 1.29 is 19.8 Å². The zero-order chi connectivity index (χ0) is 12.2. The van der Waals surface area contributed by atoms with E-state index in [1.807, 2.05) is 0 Å². The molecular formula is C10H18N2O4. The van der Waals surface area contributed by atoms with Gasteiger partial charge < -0.3 is 21.3 Å². The van der Waals surface area contributed by atoms with Gasteiger partial charge in [0.1, 0.15) is 0 Å². The molecule has 1 fully saturated rings. The highest BCUT2D eigenvalue weighted by Gasteiger charge is 2.42. The molecule has 0 aromatic carbocycles. The molecule has 1 saturated carbocycles. The summed E-state index contributed by atoms with van der Waals surface area (Å²) in [5.41, 5.74) is 5.09. The Kier molecular flexibility index (Phi) is 4.26. The third-order valence-corrected chi connectivity index (χ3v) is 3.17. The molecular weight excluding hydrogens is 212 g/mol. The molecule has 0 radical (unpaired) electrons. The lowest BCUT2D eigenvalue weighted by Gasteiger charge is -2.39. The summed E-state index contributed by atoms with van der Waals surface area (Å²) in [6.45, 7) is 0.481. The van der Waals surface area contributed by atoms with Gasteiger partial charge in [-0.1, -0.05) is 6.42 Å².